The lowest BCUT2D eigenvalue weighted by Gasteiger charge is -2.11. The first-order valence-electron chi connectivity index (χ1n) is 6.98. The highest BCUT2D eigenvalue weighted by Gasteiger charge is 2.23. The summed E-state index contributed by atoms with van der Waals surface area (Å²) in [5.41, 5.74) is 0.112. The average molecular weight is 277 g/mol. The third kappa shape index (κ3) is 3.63. The molecule has 0 spiro atoms. The Balaban J connectivity index is 2.03. The van der Waals surface area contributed by atoms with Crippen LogP contribution in [0.5, 0.6) is 0 Å². The smallest absolute Gasteiger partial charge is 0.154 e. The van der Waals surface area contributed by atoms with E-state index in [-0.39, 0.29) is 11.3 Å². The monoisotopic (exact) mass is 277 g/mol. The first-order valence-corrected chi connectivity index (χ1v) is 6.98. The highest BCUT2D eigenvalue weighted by Crippen LogP contribution is 2.30. The van der Waals surface area contributed by atoms with E-state index in [0.29, 0.717) is 12.3 Å². The molecule has 1 aromatic rings. The van der Waals surface area contributed by atoms with E-state index in [2.05, 4.69) is 0 Å². The van der Waals surface area contributed by atoms with Gasteiger partial charge in [-0.05, 0) is 30.0 Å². The molecule has 0 saturated heterocycles. The van der Waals surface area contributed by atoms with Crippen molar-refractivity contribution in [2.45, 2.75) is 44.4 Å². The van der Waals surface area contributed by atoms with Gasteiger partial charge in [0.2, 0.25) is 0 Å². The number of nitriles is 1. The van der Waals surface area contributed by atoms with Gasteiger partial charge >= 0.3 is 0 Å². The van der Waals surface area contributed by atoms with Crippen LogP contribution in [0.4, 0.5) is 8.78 Å². The molecular formula is C16H17F2NO. The minimum atomic E-state index is -1.07. The second-order valence-electron chi connectivity index (χ2n) is 5.42. The number of hydrogen-bond donors (Lipinski definition) is 0. The molecule has 4 heteroatoms. The van der Waals surface area contributed by atoms with Gasteiger partial charge < -0.3 is 0 Å². The maximum atomic E-state index is 13.2. The van der Waals surface area contributed by atoms with Gasteiger partial charge in [-0.15, -0.1) is 0 Å². The van der Waals surface area contributed by atoms with Crippen molar-refractivity contribution in [2.24, 2.45) is 5.92 Å². The van der Waals surface area contributed by atoms with Gasteiger partial charge in [0.25, 0.3) is 0 Å². The SMILES string of the molecule is N#CC(C(=O)CCC1CCCC1)c1cc(F)cc(F)c1. The van der Waals surface area contributed by atoms with Crippen molar-refractivity contribution in [3.8, 4) is 6.07 Å². The van der Waals surface area contributed by atoms with Crippen molar-refractivity contribution < 1.29 is 13.6 Å². The Morgan fingerprint density at radius 2 is 1.85 bits per heavy atom. The highest BCUT2D eigenvalue weighted by atomic mass is 19.1. The number of ketones is 1. The molecule has 1 saturated carbocycles. The van der Waals surface area contributed by atoms with Crippen molar-refractivity contribution in [1.82, 2.24) is 0 Å². The van der Waals surface area contributed by atoms with Crippen LogP contribution in [0.15, 0.2) is 18.2 Å². The van der Waals surface area contributed by atoms with Gasteiger partial charge in [0.1, 0.15) is 17.6 Å². The summed E-state index contributed by atoms with van der Waals surface area (Å²) in [6.07, 6.45) is 5.76. The van der Waals surface area contributed by atoms with Crippen LogP contribution in [0.2, 0.25) is 0 Å². The topological polar surface area (TPSA) is 40.9 Å². The predicted molar refractivity (Wildman–Crippen MR) is 70.9 cm³/mol. The molecule has 0 aromatic heterocycles. The average Bonchev–Trinajstić information content (AvgIpc) is 2.89. The number of rotatable bonds is 5. The van der Waals surface area contributed by atoms with E-state index >= 15 is 0 Å². The quantitative estimate of drug-likeness (QED) is 0.812. The van der Waals surface area contributed by atoms with Crippen LogP contribution in [-0.4, -0.2) is 5.78 Å². The zero-order valence-electron chi connectivity index (χ0n) is 11.2. The molecule has 106 valence electrons. The number of nitrogens with zero attached hydrogens (tertiary/aromatic N) is 1. The van der Waals surface area contributed by atoms with E-state index in [1.807, 2.05) is 6.07 Å². The maximum Gasteiger partial charge on any atom is 0.154 e. The summed E-state index contributed by atoms with van der Waals surface area (Å²) in [6.45, 7) is 0. The molecule has 1 aliphatic rings. The second-order valence-corrected chi connectivity index (χ2v) is 5.42. The molecule has 0 amide bonds. The Labute approximate surface area is 117 Å². The van der Waals surface area contributed by atoms with Crippen molar-refractivity contribution in [3.63, 3.8) is 0 Å². The number of hydrogen-bond acceptors (Lipinski definition) is 2. The van der Waals surface area contributed by atoms with Crippen molar-refractivity contribution in [2.75, 3.05) is 0 Å². The van der Waals surface area contributed by atoms with Crippen molar-refractivity contribution in [3.05, 3.63) is 35.4 Å². The van der Waals surface area contributed by atoms with Gasteiger partial charge in [-0.3, -0.25) is 4.79 Å². The zero-order chi connectivity index (χ0) is 14.5. The van der Waals surface area contributed by atoms with E-state index in [9.17, 15) is 13.6 Å². The summed E-state index contributed by atoms with van der Waals surface area (Å²) < 4.78 is 26.3. The van der Waals surface area contributed by atoms with E-state index in [1.165, 1.54) is 12.8 Å². The number of benzene rings is 1. The second kappa shape index (κ2) is 6.60. The number of Topliss-reactive ketones (excluding diaryl/α,β-unsaturated/α-hetero) is 1. The molecule has 1 unspecified atom stereocenters. The summed E-state index contributed by atoms with van der Waals surface area (Å²) >= 11 is 0. The first kappa shape index (κ1) is 14.6. The molecule has 0 aliphatic heterocycles. The molecule has 0 bridgehead atoms. The fraction of sp³-hybridized carbons (Fsp3) is 0.500. The highest BCUT2D eigenvalue weighted by molar-refractivity contribution is 5.88. The fourth-order valence-electron chi connectivity index (χ4n) is 2.86. The van der Waals surface area contributed by atoms with Gasteiger partial charge in [-0.2, -0.15) is 5.26 Å². The molecule has 0 heterocycles. The Kier molecular flexibility index (Phi) is 4.84. The van der Waals surface area contributed by atoms with Crippen LogP contribution in [-0.2, 0) is 4.79 Å². The molecule has 1 atom stereocenters. The van der Waals surface area contributed by atoms with Crippen LogP contribution in [0.1, 0.15) is 50.0 Å². The minimum Gasteiger partial charge on any atom is -0.298 e. The van der Waals surface area contributed by atoms with Crippen LogP contribution in [0, 0.1) is 28.9 Å². The minimum absolute atomic E-state index is 0.112. The molecular weight excluding hydrogens is 260 g/mol. The molecule has 1 fully saturated rings. The number of halogens is 2. The summed E-state index contributed by atoms with van der Waals surface area (Å²) in [5, 5.41) is 9.11. The zero-order valence-corrected chi connectivity index (χ0v) is 11.2. The van der Waals surface area contributed by atoms with Gasteiger partial charge in [0.15, 0.2) is 5.78 Å². The normalized spacial score (nSPS) is 16.9. The van der Waals surface area contributed by atoms with E-state index < -0.39 is 17.6 Å². The Hall–Kier alpha value is -1.76. The molecule has 2 rings (SSSR count). The lowest BCUT2D eigenvalue weighted by molar-refractivity contribution is -0.119. The molecule has 1 aromatic carbocycles. The molecule has 2 nitrogen and oxygen atoms in total. The third-order valence-electron chi connectivity index (χ3n) is 3.94. The summed E-state index contributed by atoms with van der Waals surface area (Å²) in [6, 6.07) is 4.72. The molecule has 1 aliphatic carbocycles. The summed E-state index contributed by atoms with van der Waals surface area (Å²) in [4.78, 5) is 12.1. The lowest BCUT2D eigenvalue weighted by Crippen LogP contribution is -2.12. The van der Waals surface area contributed by atoms with E-state index in [0.717, 1.165) is 37.5 Å². The van der Waals surface area contributed by atoms with Gasteiger partial charge in [-0.25, -0.2) is 8.78 Å². The summed E-state index contributed by atoms with van der Waals surface area (Å²) in [5.74, 6) is -2.28. The Morgan fingerprint density at radius 1 is 1.25 bits per heavy atom. The van der Waals surface area contributed by atoms with E-state index in [4.69, 9.17) is 5.26 Å². The van der Waals surface area contributed by atoms with Crippen LogP contribution >= 0.6 is 0 Å². The van der Waals surface area contributed by atoms with Gasteiger partial charge in [-0.1, -0.05) is 25.7 Å². The molecule has 0 N–H and O–H groups in total. The number of carbonyl (C=O) groups excluding carboxylic acids is 1. The summed E-state index contributed by atoms with van der Waals surface area (Å²) in [7, 11) is 0. The predicted octanol–water partition coefficient (Wildman–Crippen LogP) is 4.11. The fourth-order valence-corrected chi connectivity index (χ4v) is 2.86. The lowest BCUT2D eigenvalue weighted by atomic mass is 9.90. The van der Waals surface area contributed by atoms with Gasteiger partial charge in [0, 0.05) is 12.5 Å². The standard InChI is InChI=1S/C16H17F2NO/c17-13-7-12(8-14(18)9-13)15(10-19)16(20)6-5-11-3-1-2-4-11/h7-9,11,15H,1-6H2. The third-order valence-corrected chi connectivity index (χ3v) is 3.94. The Morgan fingerprint density at radius 3 is 2.40 bits per heavy atom. The van der Waals surface area contributed by atoms with Crippen molar-refractivity contribution in [1.29, 1.82) is 5.26 Å². The molecule has 0 radical (unpaired) electrons. The van der Waals surface area contributed by atoms with Crippen LogP contribution < -0.4 is 0 Å². The van der Waals surface area contributed by atoms with Crippen LogP contribution in [0.25, 0.3) is 0 Å². The first-order chi connectivity index (χ1) is 9.60. The van der Waals surface area contributed by atoms with Crippen LogP contribution in [0.3, 0.4) is 0 Å². The number of carbonyl (C=O) groups is 1. The molecule has 20 heavy (non-hydrogen) atoms. The van der Waals surface area contributed by atoms with Crippen molar-refractivity contribution >= 4 is 5.78 Å². The van der Waals surface area contributed by atoms with E-state index in [1.54, 1.807) is 0 Å². The largest absolute Gasteiger partial charge is 0.298 e. The Bertz CT molecular complexity index is 510. The maximum absolute atomic E-state index is 13.2. The van der Waals surface area contributed by atoms with Gasteiger partial charge in [0.05, 0.1) is 6.07 Å².